The van der Waals surface area contributed by atoms with E-state index in [2.05, 4.69) is 57.2 Å². The Kier molecular flexibility index (Phi) is 6.67. The second-order valence-electron chi connectivity index (χ2n) is 7.10. The molecule has 2 nitrogen and oxygen atoms in total. The maximum Gasteiger partial charge on any atom is 0.0897 e. The number of hydrogen-bond acceptors (Lipinski definition) is 3. The Morgan fingerprint density at radius 3 is 2.40 bits per heavy atom. The fourth-order valence-corrected chi connectivity index (χ4v) is 3.16. The predicted octanol–water partition coefficient (Wildman–Crippen LogP) is 4.97. The summed E-state index contributed by atoms with van der Waals surface area (Å²) >= 11 is 1.77. The van der Waals surface area contributed by atoms with Gasteiger partial charge in [-0.05, 0) is 52.4 Å². The minimum absolute atomic E-state index is 0.185. The molecular weight excluding hydrogens is 264 g/mol. The van der Waals surface area contributed by atoms with Gasteiger partial charge in [0, 0.05) is 17.5 Å². The Morgan fingerprint density at radius 2 is 1.95 bits per heavy atom. The second-order valence-corrected chi connectivity index (χ2v) is 8.16. The SMILES string of the molecule is CCCCC(CC)(CNC(C)(C)C)Cc1csc(C)n1. The molecule has 1 atom stereocenters. The first-order chi connectivity index (χ1) is 9.30. The molecule has 116 valence electrons. The van der Waals surface area contributed by atoms with E-state index in [1.807, 2.05) is 0 Å². The Hall–Kier alpha value is -0.410. The number of aromatic nitrogens is 1. The molecule has 1 unspecified atom stereocenters. The van der Waals surface area contributed by atoms with Crippen LogP contribution in [0.3, 0.4) is 0 Å². The summed E-state index contributed by atoms with van der Waals surface area (Å²) in [5.74, 6) is 0. The van der Waals surface area contributed by atoms with Crippen molar-refractivity contribution >= 4 is 11.3 Å². The molecule has 1 heterocycles. The van der Waals surface area contributed by atoms with E-state index in [1.54, 1.807) is 11.3 Å². The van der Waals surface area contributed by atoms with Crippen molar-refractivity contribution in [1.29, 1.82) is 0 Å². The molecule has 3 heteroatoms. The smallest absolute Gasteiger partial charge is 0.0897 e. The van der Waals surface area contributed by atoms with Gasteiger partial charge in [-0.25, -0.2) is 4.98 Å². The largest absolute Gasteiger partial charge is 0.312 e. The molecule has 0 bridgehead atoms. The number of thiazole rings is 1. The molecule has 1 aromatic rings. The molecule has 0 aliphatic rings. The van der Waals surface area contributed by atoms with Crippen LogP contribution in [0.5, 0.6) is 0 Å². The number of nitrogens with one attached hydrogen (secondary N) is 1. The van der Waals surface area contributed by atoms with E-state index in [4.69, 9.17) is 0 Å². The van der Waals surface area contributed by atoms with Crippen LogP contribution in [0.25, 0.3) is 0 Å². The molecule has 0 radical (unpaired) electrons. The molecule has 20 heavy (non-hydrogen) atoms. The summed E-state index contributed by atoms with van der Waals surface area (Å²) in [6, 6.07) is 0. The number of nitrogens with zero attached hydrogens (tertiary/aromatic N) is 1. The summed E-state index contributed by atoms with van der Waals surface area (Å²) in [7, 11) is 0. The lowest BCUT2D eigenvalue weighted by Crippen LogP contribution is -2.44. The van der Waals surface area contributed by atoms with Gasteiger partial charge >= 0.3 is 0 Å². The third-order valence-corrected chi connectivity index (χ3v) is 4.85. The Morgan fingerprint density at radius 1 is 1.25 bits per heavy atom. The first-order valence-electron chi connectivity index (χ1n) is 7.96. The van der Waals surface area contributed by atoms with Gasteiger partial charge in [0.2, 0.25) is 0 Å². The number of aryl methyl sites for hydroxylation is 1. The minimum Gasteiger partial charge on any atom is -0.312 e. The van der Waals surface area contributed by atoms with Crippen molar-refractivity contribution in [2.24, 2.45) is 5.41 Å². The van der Waals surface area contributed by atoms with Gasteiger partial charge in [0.1, 0.15) is 0 Å². The molecule has 0 saturated carbocycles. The minimum atomic E-state index is 0.185. The lowest BCUT2D eigenvalue weighted by molar-refractivity contribution is 0.205. The lowest BCUT2D eigenvalue weighted by Gasteiger charge is -2.36. The highest BCUT2D eigenvalue weighted by Gasteiger charge is 2.30. The van der Waals surface area contributed by atoms with E-state index in [1.165, 1.54) is 36.4 Å². The first kappa shape index (κ1) is 17.6. The molecule has 0 aliphatic heterocycles. The molecule has 1 aromatic heterocycles. The van der Waals surface area contributed by atoms with E-state index in [0.29, 0.717) is 5.41 Å². The van der Waals surface area contributed by atoms with Gasteiger partial charge in [0.05, 0.1) is 10.7 Å². The van der Waals surface area contributed by atoms with Crippen LogP contribution in [0.4, 0.5) is 0 Å². The molecular formula is C17H32N2S. The van der Waals surface area contributed by atoms with Crippen LogP contribution in [0.15, 0.2) is 5.38 Å². The first-order valence-corrected chi connectivity index (χ1v) is 8.84. The maximum atomic E-state index is 4.69. The van der Waals surface area contributed by atoms with Crippen LogP contribution in [0.1, 0.15) is 71.0 Å². The average Bonchev–Trinajstić information content (AvgIpc) is 2.77. The van der Waals surface area contributed by atoms with Crippen molar-refractivity contribution in [1.82, 2.24) is 10.3 Å². The number of hydrogen-bond donors (Lipinski definition) is 1. The molecule has 0 aliphatic carbocycles. The van der Waals surface area contributed by atoms with Crippen LogP contribution in [-0.4, -0.2) is 17.1 Å². The van der Waals surface area contributed by atoms with Crippen molar-refractivity contribution < 1.29 is 0 Å². The van der Waals surface area contributed by atoms with E-state index < -0.39 is 0 Å². The van der Waals surface area contributed by atoms with Gasteiger partial charge in [0.15, 0.2) is 0 Å². The quantitative estimate of drug-likeness (QED) is 0.732. The van der Waals surface area contributed by atoms with Gasteiger partial charge < -0.3 is 5.32 Å². The highest BCUT2D eigenvalue weighted by atomic mass is 32.1. The summed E-state index contributed by atoms with van der Waals surface area (Å²) in [5, 5.41) is 7.15. The number of rotatable bonds is 8. The van der Waals surface area contributed by atoms with Crippen LogP contribution >= 0.6 is 11.3 Å². The molecule has 0 spiro atoms. The third kappa shape index (κ3) is 5.92. The molecule has 0 amide bonds. The van der Waals surface area contributed by atoms with Crippen LogP contribution < -0.4 is 5.32 Å². The second kappa shape index (κ2) is 7.56. The fraction of sp³-hybridized carbons (Fsp3) is 0.824. The fourth-order valence-electron chi connectivity index (χ4n) is 2.54. The highest BCUT2D eigenvalue weighted by Crippen LogP contribution is 2.33. The van der Waals surface area contributed by atoms with Crippen molar-refractivity contribution in [3.8, 4) is 0 Å². The molecule has 1 N–H and O–H groups in total. The van der Waals surface area contributed by atoms with E-state index in [0.717, 1.165) is 13.0 Å². The number of unbranched alkanes of at least 4 members (excludes halogenated alkanes) is 1. The van der Waals surface area contributed by atoms with Crippen LogP contribution in [0, 0.1) is 12.3 Å². The molecule has 0 aromatic carbocycles. The molecule has 0 fully saturated rings. The zero-order valence-corrected chi connectivity index (χ0v) is 15.0. The van der Waals surface area contributed by atoms with E-state index in [-0.39, 0.29) is 5.54 Å². The van der Waals surface area contributed by atoms with Gasteiger partial charge in [-0.15, -0.1) is 11.3 Å². The molecule has 1 rings (SSSR count). The normalized spacial score (nSPS) is 15.3. The van der Waals surface area contributed by atoms with Crippen molar-refractivity contribution in [2.75, 3.05) is 6.54 Å². The third-order valence-electron chi connectivity index (χ3n) is 4.03. The Balaban J connectivity index is 2.80. The molecule has 0 saturated heterocycles. The van der Waals surface area contributed by atoms with Crippen LogP contribution in [-0.2, 0) is 6.42 Å². The summed E-state index contributed by atoms with van der Waals surface area (Å²) in [6.45, 7) is 14.6. The van der Waals surface area contributed by atoms with Gasteiger partial charge in [-0.1, -0.05) is 26.7 Å². The van der Waals surface area contributed by atoms with Gasteiger partial charge in [-0.3, -0.25) is 0 Å². The zero-order chi connectivity index (χ0) is 15.2. The topological polar surface area (TPSA) is 24.9 Å². The van der Waals surface area contributed by atoms with Crippen molar-refractivity contribution in [3.05, 3.63) is 16.1 Å². The average molecular weight is 297 g/mol. The standard InChI is InChI=1S/C17H32N2S/c1-7-9-10-17(8-2,13-18-16(4,5)6)11-15-12-20-14(3)19-15/h12,18H,7-11,13H2,1-6H3. The van der Waals surface area contributed by atoms with Crippen molar-refractivity contribution in [2.45, 2.75) is 79.2 Å². The summed E-state index contributed by atoms with van der Waals surface area (Å²) in [6.07, 6.45) is 6.19. The Labute approximate surface area is 129 Å². The van der Waals surface area contributed by atoms with Crippen molar-refractivity contribution in [3.63, 3.8) is 0 Å². The summed E-state index contributed by atoms with van der Waals surface area (Å²) in [4.78, 5) is 4.69. The maximum absolute atomic E-state index is 4.69. The zero-order valence-electron chi connectivity index (χ0n) is 14.2. The van der Waals surface area contributed by atoms with Gasteiger partial charge in [0.25, 0.3) is 0 Å². The lowest BCUT2D eigenvalue weighted by atomic mass is 9.76. The van der Waals surface area contributed by atoms with E-state index in [9.17, 15) is 0 Å². The highest BCUT2D eigenvalue weighted by molar-refractivity contribution is 7.09. The van der Waals surface area contributed by atoms with Crippen LogP contribution in [0.2, 0.25) is 0 Å². The Bertz CT molecular complexity index is 392. The predicted molar refractivity (Wildman–Crippen MR) is 90.6 cm³/mol. The van der Waals surface area contributed by atoms with E-state index >= 15 is 0 Å². The monoisotopic (exact) mass is 296 g/mol. The summed E-state index contributed by atoms with van der Waals surface area (Å²) < 4.78 is 0. The van der Waals surface area contributed by atoms with Gasteiger partial charge in [-0.2, -0.15) is 0 Å². The summed E-state index contributed by atoms with van der Waals surface area (Å²) in [5.41, 5.74) is 1.81.